The third-order valence-electron chi connectivity index (χ3n) is 3.13. The summed E-state index contributed by atoms with van der Waals surface area (Å²) in [4.78, 5) is 12.7. The Labute approximate surface area is 106 Å². The van der Waals surface area contributed by atoms with Gasteiger partial charge in [-0.05, 0) is 37.4 Å². The Hall–Kier alpha value is -1.66. The van der Waals surface area contributed by atoms with Crippen molar-refractivity contribution in [3.05, 3.63) is 33.9 Å². The summed E-state index contributed by atoms with van der Waals surface area (Å²) in [6.45, 7) is 1.78. The highest BCUT2D eigenvalue weighted by atomic mass is 16.6. The Bertz CT molecular complexity index is 446. The fourth-order valence-corrected chi connectivity index (χ4v) is 2.07. The maximum absolute atomic E-state index is 10.9. The SMILES string of the molecule is CN(Cc1ccc(NN)c([N+](=O)[O-])c1)CC1CC1. The molecule has 0 aliphatic heterocycles. The Morgan fingerprint density at radius 1 is 1.56 bits per heavy atom. The van der Waals surface area contributed by atoms with Crippen LogP contribution in [0.2, 0.25) is 0 Å². The molecule has 1 aliphatic carbocycles. The summed E-state index contributed by atoms with van der Waals surface area (Å²) < 4.78 is 0. The monoisotopic (exact) mass is 250 g/mol. The predicted octanol–water partition coefficient (Wildman–Crippen LogP) is 1.72. The molecule has 1 fully saturated rings. The van der Waals surface area contributed by atoms with E-state index in [-0.39, 0.29) is 5.69 Å². The topological polar surface area (TPSA) is 84.4 Å². The molecule has 0 saturated heterocycles. The largest absolute Gasteiger partial charge is 0.318 e. The zero-order valence-corrected chi connectivity index (χ0v) is 10.4. The molecule has 3 N–H and O–H groups in total. The number of hydrogen-bond donors (Lipinski definition) is 2. The molecule has 1 aromatic rings. The fourth-order valence-electron chi connectivity index (χ4n) is 2.07. The van der Waals surface area contributed by atoms with Gasteiger partial charge in [0.15, 0.2) is 0 Å². The zero-order chi connectivity index (χ0) is 13.1. The molecule has 0 atom stereocenters. The fraction of sp³-hybridized carbons (Fsp3) is 0.500. The maximum Gasteiger partial charge on any atom is 0.293 e. The van der Waals surface area contributed by atoms with E-state index in [9.17, 15) is 10.1 Å². The summed E-state index contributed by atoms with van der Waals surface area (Å²) in [7, 11) is 2.04. The van der Waals surface area contributed by atoms with Gasteiger partial charge in [0, 0.05) is 19.2 Å². The van der Waals surface area contributed by atoms with Gasteiger partial charge in [-0.3, -0.25) is 16.0 Å². The molecule has 6 nitrogen and oxygen atoms in total. The zero-order valence-electron chi connectivity index (χ0n) is 10.4. The average Bonchev–Trinajstić information content (AvgIpc) is 3.12. The second kappa shape index (κ2) is 5.32. The smallest absolute Gasteiger partial charge is 0.293 e. The van der Waals surface area contributed by atoms with Crippen molar-refractivity contribution >= 4 is 11.4 Å². The molecule has 98 valence electrons. The molecule has 0 heterocycles. The van der Waals surface area contributed by atoms with Crippen LogP contribution in [0, 0.1) is 16.0 Å². The average molecular weight is 250 g/mol. The molecule has 1 saturated carbocycles. The highest BCUT2D eigenvalue weighted by Crippen LogP contribution is 2.30. The minimum absolute atomic E-state index is 0.0230. The molecule has 18 heavy (non-hydrogen) atoms. The van der Waals surface area contributed by atoms with Crippen molar-refractivity contribution in [1.82, 2.24) is 4.90 Å². The van der Waals surface area contributed by atoms with Crippen LogP contribution < -0.4 is 11.3 Å². The maximum atomic E-state index is 10.9. The first-order chi connectivity index (χ1) is 8.60. The van der Waals surface area contributed by atoms with E-state index in [1.165, 1.54) is 12.8 Å². The molecule has 1 aromatic carbocycles. The van der Waals surface area contributed by atoms with Crippen LogP contribution in [-0.2, 0) is 6.54 Å². The highest BCUT2D eigenvalue weighted by Gasteiger charge is 2.23. The van der Waals surface area contributed by atoms with Crippen LogP contribution >= 0.6 is 0 Å². The molecule has 0 spiro atoms. The molecule has 1 aliphatic rings. The quantitative estimate of drug-likeness (QED) is 0.456. The first kappa shape index (κ1) is 12.8. The lowest BCUT2D eigenvalue weighted by atomic mass is 10.1. The van der Waals surface area contributed by atoms with Crippen molar-refractivity contribution in [3.8, 4) is 0 Å². The molecule has 0 amide bonds. The van der Waals surface area contributed by atoms with Gasteiger partial charge in [-0.25, -0.2) is 0 Å². The number of nitrogens with one attached hydrogen (secondary N) is 1. The molecule has 6 heteroatoms. The molecule has 0 radical (unpaired) electrons. The second-order valence-corrected chi connectivity index (χ2v) is 4.89. The van der Waals surface area contributed by atoms with Crippen LogP contribution in [0.1, 0.15) is 18.4 Å². The summed E-state index contributed by atoms with van der Waals surface area (Å²) in [6.07, 6.45) is 2.61. The van der Waals surface area contributed by atoms with Gasteiger partial charge in [0.05, 0.1) is 4.92 Å². The van der Waals surface area contributed by atoms with Gasteiger partial charge in [-0.15, -0.1) is 0 Å². The third-order valence-corrected chi connectivity index (χ3v) is 3.13. The Balaban J connectivity index is 2.07. The first-order valence-electron chi connectivity index (χ1n) is 6.02. The van der Waals surface area contributed by atoms with E-state index in [1.807, 2.05) is 13.1 Å². The van der Waals surface area contributed by atoms with Gasteiger partial charge < -0.3 is 10.3 Å². The predicted molar refractivity (Wildman–Crippen MR) is 70.0 cm³/mol. The number of hydrogen-bond acceptors (Lipinski definition) is 5. The van der Waals surface area contributed by atoms with Crippen molar-refractivity contribution < 1.29 is 4.92 Å². The van der Waals surface area contributed by atoms with E-state index in [0.717, 1.165) is 24.6 Å². The van der Waals surface area contributed by atoms with E-state index in [4.69, 9.17) is 5.84 Å². The van der Waals surface area contributed by atoms with Crippen LogP contribution in [0.4, 0.5) is 11.4 Å². The van der Waals surface area contributed by atoms with Crippen molar-refractivity contribution in [2.75, 3.05) is 19.0 Å². The van der Waals surface area contributed by atoms with E-state index in [1.54, 1.807) is 12.1 Å². The lowest BCUT2D eigenvalue weighted by Crippen LogP contribution is -2.20. The Morgan fingerprint density at radius 2 is 2.28 bits per heavy atom. The number of rotatable bonds is 6. The summed E-state index contributed by atoms with van der Waals surface area (Å²) in [5.41, 5.74) is 3.64. The van der Waals surface area contributed by atoms with Crippen LogP contribution in [0.5, 0.6) is 0 Å². The van der Waals surface area contributed by atoms with Crippen molar-refractivity contribution in [2.45, 2.75) is 19.4 Å². The lowest BCUT2D eigenvalue weighted by Gasteiger charge is -2.16. The normalized spacial score (nSPS) is 14.8. The van der Waals surface area contributed by atoms with Crippen molar-refractivity contribution in [2.24, 2.45) is 11.8 Å². The molecule has 0 aromatic heterocycles. The van der Waals surface area contributed by atoms with Crippen LogP contribution in [0.25, 0.3) is 0 Å². The lowest BCUT2D eigenvalue weighted by molar-refractivity contribution is -0.384. The van der Waals surface area contributed by atoms with Crippen molar-refractivity contribution in [3.63, 3.8) is 0 Å². The Morgan fingerprint density at radius 3 is 2.83 bits per heavy atom. The Kier molecular flexibility index (Phi) is 3.78. The van der Waals surface area contributed by atoms with Gasteiger partial charge in [0.1, 0.15) is 5.69 Å². The second-order valence-electron chi connectivity index (χ2n) is 4.89. The van der Waals surface area contributed by atoms with Crippen LogP contribution in [-0.4, -0.2) is 23.4 Å². The molecule has 0 unspecified atom stereocenters. The van der Waals surface area contributed by atoms with Gasteiger partial charge in [-0.2, -0.15) is 0 Å². The first-order valence-corrected chi connectivity index (χ1v) is 6.02. The summed E-state index contributed by atoms with van der Waals surface area (Å²) in [5, 5.41) is 10.9. The minimum Gasteiger partial charge on any atom is -0.318 e. The van der Waals surface area contributed by atoms with Crippen LogP contribution in [0.3, 0.4) is 0 Å². The van der Waals surface area contributed by atoms with Gasteiger partial charge in [0.2, 0.25) is 0 Å². The summed E-state index contributed by atoms with van der Waals surface area (Å²) in [5.74, 6) is 6.06. The number of hydrazine groups is 1. The highest BCUT2D eigenvalue weighted by molar-refractivity contribution is 5.61. The number of anilines is 1. The van der Waals surface area contributed by atoms with E-state index < -0.39 is 4.92 Å². The van der Waals surface area contributed by atoms with E-state index in [0.29, 0.717) is 5.69 Å². The summed E-state index contributed by atoms with van der Waals surface area (Å²) in [6, 6.07) is 5.10. The van der Waals surface area contributed by atoms with Gasteiger partial charge in [-0.1, -0.05) is 6.07 Å². The number of nitrogens with two attached hydrogens (primary N) is 1. The standard InChI is InChI=1S/C12H18N4O2/c1-15(7-9-2-3-9)8-10-4-5-11(14-13)12(6-10)16(17)18/h4-6,9,14H,2-3,7-8,13H2,1H3. The van der Waals surface area contributed by atoms with Gasteiger partial charge >= 0.3 is 0 Å². The number of nitrogen functional groups attached to an aromatic ring is 1. The minimum atomic E-state index is -0.417. The van der Waals surface area contributed by atoms with Crippen molar-refractivity contribution in [1.29, 1.82) is 0 Å². The molecular formula is C12H18N4O2. The van der Waals surface area contributed by atoms with E-state index >= 15 is 0 Å². The summed E-state index contributed by atoms with van der Waals surface area (Å²) >= 11 is 0. The van der Waals surface area contributed by atoms with E-state index in [2.05, 4.69) is 10.3 Å². The third kappa shape index (κ3) is 3.18. The number of nitro groups is 1. The van der Waals surface area contributed by atoms with Gasteiger partial charge in [0.25, 0.3) is 5.69 Å². The number of nitro benzene ring substituents is 1. The van der Waals surface area contributed by atoms with Crippen LogP contribution in [0.15, 0.2) is 18.2 Å². The molecule has 0 bridgehead atoms. The number of nitrogens with zero attached hydrogens (tertiary/aromatic N) is 2. The number of benzene rings is 1. The molecule has 2 rings (SSSR count). The molecular weight excluding hydrogens is 232 g/mol.